The van der Waals surface area contributed by atoms with Gasteiger partial charge in [0.15, 0.2) is 0 Å². The molecule has 9 heteroatoms. The molecule has 21 heavy (non-hydrogen) atoms. The monoisotopic (exact) mass is 334 g/mol. The summed E-state index contributed by atoms with van der Waals surface area (Å²) < 4.78 is 26.4. The molecule has 118 valence electrons. The Bertz CT molecular complexity index is 634. The van der Waals surface area contributed by atoms with Gasteiger partial charge in [-0.2, -0.15) is 0 Å². The predicted molar refractivity (Wildman–Crippen MR) is 79.1 cm³/mol. The minimum Gasteiger partial charge on any atom is -0.477 e. The summed E-state index contributed by atoms with van der Waals surface area (Å²) in [5.41, 5.74) is 0. The maximum absolute atomic E-state index is 12.1. The summed E-state index contributed by atoms with van der Waals surface area (Å²) in [6.45, 7) is 5.12. The molecule has 0 atom stereocenters. The number of carbonyl (C=O) groups excluding carboxylic acids is 1. The number of rotatable bonds is 7. The van der Waals surface area contributed by atoms with Gasteiger partial charge < -0.3 is 10.4 Å². The van der Waals surface area contributed by atoms with Crippen molar-refractivity contribution in [1.29, 1.82) is 0 Å². The topological polar surface area (TPSA) is 113 Å². The first kappa shape index (κ1) is 17.6. The van der Waals surface area contributed by atoms with Crippen LogP contribution in [0, 0.1) is 6.92 Å². The number of aryl methyl sites for hydroxylation is 1. The summed E-state index contributed by atoms with van der Waals surface area (Å²) >= 11 is 0.900. The fraction of sp³-hybridized carbons (Fsp3) is 0.500. The first-order valence-corrected chi connectivity index (χ1v) is 8.56. The van der Waals surface area contributed by atoms with Gasteiger partial charge in [-0.05, 0) is 26.8 Å². The van der Waals surface area contributed by atoms with E-state index in [9.17, 15) is 18.0 Å². The number of aromatic carboxylic acids is 1. The van der Waals surface area contributed by atoms with Crippen LogP contribution in [0.15, 0.2) is 11.0 Å². The number of amides is 1. The molecule has 0 saturated carbocycles. The molecule has 1 rings (SSSR count). The standard InChI is InChI=1S/C12H18N2O5S2/c1-7(2)14-11(15)4-5-13-21(18,19)10-6-9(12(16)17)20-8(10)3/h6-7,13H,4-5H2,1-3H3,(H,14,15)(H,16,17). The van der Waals surface area contributed by atoms with Gasteiger partial charge in [-0.25, -0.2) is 17.9 Å². The molecule has 0 aromatic carbocycles. The highest BCUT2D eigenvalue weighted by molar-refractivity contribution is 7.89. The van der Waals surface area contributed by atoms with Crippen molar-refractivity contribution >= 4 is 33.2 Å². The normalized spacial score (nSPS) is 11.6. The van der Waals surface area contributed by atoms with E-state index in [0.717, 1.165) is 17.4 Å². The maximum Gasteiger partial charge on any atom is 0.345 e. The van der Waals surface area contributed by atoms with Crippen molar-refractivity contribution in [3.8, 4) is 0 Å². The molecule has 1 heterocycles. The predicted octanol–water partition coefficient (Wildman–Crippen LogP) is 0.948. The number of carboxylic acids is 1. The first-order valence-electron chi connectivity index (χ1n) is 6.26. The molecule has 0 spiro atoms. The van der Waals surface area contributed by atoms with Crippen LogP contribution in [0.3, 0.4) is 0 Å². The van der Waals surface area contributed by atoms with Gasteiger partial charge >= 0.3 is 5.97 Å². The van der Waals surface area contributed by atoms with Crippen LogP contribution >= 0.6 is 11.3 Å². The Morgan fingerprint density at radius 3 is 2.48 bits per heavy atom. The molecule has 0 aliphatic rings. The second kappa shape index (κ2) is 7.01. The number of nitrogens with one attached hydrogen (secondary N) is 2. The molecule has 0 unspecified atom stereocenters. The quantitative estimate of drug-likeness (QED) is 0.687. The molecule has 1 aromatic rings. The van der Waals surface area contributed by atoms with Crippen molar-refractivity contribution in [2.75, 3.05) is 6.54 Å². The van der Waals surface area contributed by atoms with Crippen molar-refractivity contribution in [2.45, 2.75) is 38.1 Å². The lowest BCUT2D eigenvalue weighted by molar-refractivity contribution is -0.121. The molecule has 3 N–H and O–H groups in total. The molecule has 0 aliphatic heterocycles. The van der Waals surface area contributed by atoms with E-state index in [1.54, 1.807) is 0 Å². The minimum absolute atomic E-state index is 0.00801. The molecule has 0 saturated heterocycles. The van der Waals surface area contributed by atoms with Crippen molar-refractivity contribution in [3.05, 3.63) is 15.8 Å². The summed E-state index contributed by atoms with van der Waals surface area (Å²) in [6, 6.07) is 1.12. The van der Waals surface area contributed by atoms with Crippen LogP contribution < -0.4 is 10.0 Å². The SMILES string of the molecule is Cc1sc(C(=O)O)cc1S(=O)(=O)NCCC(=O)NC(C)C. The van der Waals surface area contributed by atoms with E-state index < -0.39 is 16.0 Å². The van der Waals surface area contributed by atoms with Crippen LogP contribution in [0.1, 0.15) is 34.8 Å². The average Bonchev–Trinajstić information content (AvgIpc) is 2.70. The summed E-state index contributed by atoms with van der Waals surface area (Å²) in [5.74, 6) is -1.41. The van der Waals surface area contributed by atoms with Gasteiger partial charge in [-0.3, -0.25) is 4.79 Å². The Labute approximate surface area is 127 Å². The summed E-state index contributed by atoms with van der Waals surface area (Å²) in [5, 5.41) is 11.5. The Hall–Kier alpha value is -1.45. The Morgan fingerprint density at radius 1 is 1.38 bits per heavy atom. The van der Waals surface area contributed by atoms with Gasteiger partial charge in [0.25, 0.3) is 0 Å². The first-order chi connectivity index (χ1) is 9.63. The number of hydrogen-bond donors (Lipinski definition) is 3. The molecule has 1 aromatic heterocycles. The Kier molecular flexibility index (Phi) is 5.87. The van der Waals surface area contributed by atoms with Gasteiger partial charge in [0.05, 0.1) is 4.90 Å². The zero-order valence-electron chi connectivity index (χ0n) is 12.0. The van der Waals surface area contributed by atoms with Crippen LogP contribution in [0.4, 0.5) is 0 Å². The molecular formula is C12H18N2O5S2. The largest absolute Gasteiger partial charge is 0.477 e. The molecule has 0 bridgehead atoms. The third kappa shape index (κ3) is 5.10. The van der Waals surface area contributed by atoms with E-state index >= 15 is 0 Å². The van der Waals surface area contributed by atoms with Gasteiger partial charge in [0, 0.05) is 23.9 Å². The fourth-order valence-corrected chi connectivity index (χ4v) is 4.07. The lowest BCUT2D eigenvalue weighted by Gasteiger charge is -2.09. The number of sulfonamides is 1. The van der Waals surface area contributed by atoms with Gasteiger partial charge in [0.1, 0.15) is 4.88 Å². The number of carboxylic acid groups (broad SMARTS) is 1. The summed E-state index contributed by atoms with van der Waals surface area (Å²) in [7, 11) is -3.81. The van der Waals surface area contributed by atoms with Gasteiger partial charge in [-0.15, -0.1) is 11.3 Å². The lowest BCUT2D eigenvalue weighted by Crippen LogP contribution is -2.34. The second-order valence-electron chi connectivity index (χ2n) is 4.71. The van der Waals surface area contributed by atoms with Gasteiger partial charge in [0.2, 0.25) is 15.9 Å². The van der Waals surface area contributed by atoms with Crippen LogP contribution in [0.25, 0.3) is 0 Å². The van der Waals surface area contributed by atoms with Crippen molar-refractivity contribution in [1.82, 2.24) is 10.0 Å². The van der Waals surface area contributed by atoms with E-state index in [-0.39, 0.29) is 34.7 Å². The molecule has 1 amide bonds. The summed E-state index contributed by atoms with van der Waals surface area (Å²) in [6.07, 6.45) is 0.0202. The van der Waals surface area contributed by atoms with Crippen molar-refractivity contribution < 1.29 is 23.1 Å². The van der Waals surface area contributed by atoms with Crippen LogP contribution in [0.2, 0.25) is 0 Å². The zero-order chi connectivity index (χ0) is 16.2. The van der Waals surface area contributed by atoms with E-state index in [1.165, 1.54) is 6.92 Å². The second-order valence-corrected chi connectivity index (χ2v) is 7.70. The lowest BCUT2D eigenvalue weighted by atomic mass is 10.3. The maximum atomic E-state index is 12.1. The third-order valence-electron chi connectivity index (χ3n) is 2.47. The number of carbonyl (C=O) groups is 2. The van der Waals surface area contributed by atoms with E-state index in [0.29, 0.717) is 4.88 Å². The number of thiophene rings is 1. The van der Waals surface area contributed by atoms with E-state index in [1.807, 2.05) is 13.8 Å². The van der Waals surface area contributed by atoms with Crippen LogP contribution in [-0.4, -0.2) is 38.0 Å². The van der Waals surface area contributed by atoms with E-state index in [2.05, 4.69) is 10.0 Å². The summed E-state index contributed by atoms with van der Waals surface area (Å²) in [4.78, 5) is 22.6. The van der Waals surface area contributed by atoms with Gasteiger partial charge in [-0.1, -0.05) is 0 Å². The average molecular weight is 334 g/mol. The zero-order valence-corrected chi connectivity index (χ0v) is 13.6. The molecule has 0 radical (unpaired) electrons. The van der Waals surface area contributed by atoms with E-state index in [4.69, 9.17) is 5.11 Å². The molecule has 0 aliphatic carbocycles. The van der Waals surface area contributed by atoms with Crippen LogP contribution in [-0.2, 0) is 14.8 Å². The molecule has 7 nitrogen and oxygen atoms in total. The minimum atomic E-state index is -3.81. The highest BCUT2D eigenvalue weighted by Gasteiger charge is 2.22. The highest BCUT2D eigenvalue weighted by atomic mass is 32.2. The van der Waals surface area contributed by atoms with Crippen LogP contribution in [0.5, 0.6) is 0 Å². The fourth-order valence-electron chi connectivity index (χ4n) is 1.61. The molecular weight excluding hydrogens is 316 g/mol. The molecule has 0 fully saturated rings. The van der Waals surface area contributed by atoms with Crippen molar-refractivity contribution in [2.24, 2.45) is 0 Å². The third-order valence-corrected chi connectivity index (χ3v) is 5.22. The number of hydrogen-bond acceptors (Lipinski definition) is 5. The Balaban J connectivity index is 2.70. The Morgan fingerprint density at radius 2 is 2.00 bits per heavy atom. The smallest absolute Gasteiger partial charge is 0.345 e. The van der Waals surface area contributed by atoms with Crippen molar-refractivity contribution in [3.63, 3.8) is 0 Å². The highest BCUT2D eigenvalue weighted by Crippen LogP contribution is 2.25.